The molecule has 0 heterocycles. The van der Waals surface area contributed by atoms with Crippen molar-refractivity contribution in [2.45, 2.75) is 252 Å². The Kier molecular flexibility index (Phi) is 49.4. The number of carbonyl (C=O) groups is 3. The number of esters is 3. The predicted octanol–water partition coefficient (Wildman–Crippen LogP) is 17.6. The van der Waals surface area contributed by atoms with Crippen LogP contribution >= 0.6 is 0 Å². The van der Waals surface area contributed by atoms with E-state index in [0.717, 1.165) is 89.9 Å². The molecule has 1 atom stereocenters. The van der Waals surface area contributed by atoms with Crippen LogP contribution in [0.4, 0.5) is 0 Å². The molecule has 0 N–H and O–H groups in total. The topological polar surface area (TPSA) is 78.9 Å². The third-order valence-corrected chi connectivity index (χ3v) is 11.1. The van der Waals surface area contributed by atoms with Crippen LogP contribution in [0.3, 0.4) is 0 Å². The van der Waals surface area contributed by atoms with Crippen LogP contribution in [0.1, 0.15) is 245 Å². The van der Waals surface area contributed by atoms with Gasteiger partial charge in [0.1, 0.15) is 13.2 Å². The molecule has 0 aliphatic heterocycles. The zero-order valence-corrected chi connectivity index (χ0v) is 41.8. The third-order valence-electron chi connectivity index (χ3n) is 11.1. The molecule has 0 aromatic rings. The van der Waals surface area contributed by atoms with Crippen molar-refractivity contribution in [3.63, 3.8) is 0 Å². The SMILES string of the molecule is CCCCC/C=C\C/C=C\C/C=C\C/C=C\CCCC(=O)OCC(COC(=O)CCCCC/C=C\CCCCCCCC)OC(=O)CCCCC/C=C\C=C/CCCCCCCCC. The summed E-state index contributed by atoms with van der Waals surface area (Å²) in [6.45, 7) is 6.51. The van der Waals surface area contributed by atoms with Crippen molar-refractivity contribution in [3.8, 4) is 0 Å². The molecular formula is C58H98O6. The number of hydrogen-bond donors (Lipinski definition) is 0. The van der Waals surface area contributed by atoms with Crippen LogP contribution in [-0.4, -0.2) is 37.2 Å². The van der Waals surface area contributed by atoms with Crippen molar-refractivity contribution in [2.24, 2.45) is 0 Å². The van der Waals surface area contributed by atoms with E-state index < -0.39 is 6.10 Å². The molecule has 366 valence electrons. The van der Waals surface area contributed by atoms with E-state index in [2.05, 4.69) is 106 Å². The number of ether oxygens (including phenoxy) is 3. The van der Waals surface area contributed by atoms with Gasteiger partial charge in [-0.05, 0) is 109 Å². The van der Waals surface area contributed by atoms with Crippen molar-refractivity contribution in [1.29, 1.82) is 0 Å². The molecule has 0 saturated carbocycles. The van der Waals surface area contributed by atoms with Crippen LogP contribution in [0.2, 0.25) is 0 Å². The average Bonchev–Trinajstić information content (AvgIpc) is 3.29. The van der Waals surface area contributed by atoms with E-state index in [1.807, 2.05) is 0 Å². The second kappa shape index (κ2) is 52.2. The van der Waals surface area contributed by atoms with Gasteiger partial charge in [0.05, 0.1) is 0 Å². The maximum absolute atomic E-state index is 12.8. The Labute approximate surface area is 395 Å². The summed E-state index contributed by atoms with van der Waals surface area (Å²) in [6, 6.07) is 0. The molecule has 0 bridgehead atoms. The van der Waals surface area contributed by atoms with Gasteiger partial charge in [0.2, 0.25) is 0 Å². The van der Waals surface area contributed by atoms with Crippen LogP contribution in [0.15, 0.2) is 85.1 Å². The van der Waals surface area contributed by atoms with Gasteiger partial charge in [-0.15, -0.1) is 0 Å². The van der Waals surface area contributed by atoms with Gasteiger partial charge in [0.25, 0.3) is 0 Å². The van der Waals surface area contributed by atoms with Gasteiger partial charge in [-0.25, -0.2) is 0 Å². The van der Waals surface area contributed by atoms with E-state index in [0.29, 0.717) is 12.8 Å². The standard InChI is InChI=1S/C58H98O6/c1-4-7-10-13-16-19-22-25-27-29-31-33-36-39-42-45-48-51-57(60)63-54-55(53-62-56(59)50-47-44-41-38-35-32-24-21-18-15-12-9-6-3)64-58(61)52-49-46-43-40-37-34-30-28-26-23-20-17-14-11-8-5-2/h16,19,25,27-28,30-35,37,39,42,55H,4-15,17-18,20-24,26,29,36,38,40-41,43-54H2,1-3H3/b19-16-,27-25-,30-28-,33-31-,35-32-,37-34-,42-39-. The van der Waals surface area contributed by atoms with E-state index in [1.165, 1.54) is 109 Å². The van der Waals surface area contributed by atoms with Crippen molar-refractivity contribution >= 4 is 17.9 Å². The molecule has 64 heavy (non-hydrogen) atoms. The lowest BCUT2D eigenvalue weighted by Gasteiger charge is -2.18. The molecule has 0 aliphatic carbocycles. The van der Waals surface area contributed by atoms with Crippen molar-refractivity contribution in [3.05, 3.63) is 85.1 Å². The summed E-state index contributed by atoms with van der Waals surface area (Å²) in [7, 11) is 0. The number of carbonyl (C=O) groups excluding carboxylic acids is 3. The summed E-state index contributed by atoms with van der Waals surface area (Å²) in [5.74, 6) is -1.01. The molecule has 0 saturated heterocycles. The number of rotatable bonds is 47. The quantitative estimate of drug-likeness (QED) is 0.0199. The fraction of sp³-hybridized carbons (Fsp3) is 0.707. The molecular weight excluding hydrogens is 793 g/mol. The summed E-state index contributed by atoms with van der Waals surface area (Å²) in [6.07, 6.45) is 67.1. The smallest absolute Gasteiger partial charge is 0.306 e. The first kappa shape index (κ1) is 60.6. The molecule has 6 heteroatoms. The summed E-state index contributed by atoms with van der Waals surface area (Å²) in [5, 5.41) is 0. The lowest BCUT2D eigenvalue weighted by Crippen LogP contribution is -2.30. The first-order chi connectivity index (χ1) is 31.5. The van der Waals surface area contributed by atoms with E-state index in [4.69, 9.17) is 14.2 Å². The minimum Gasteiger partial charge on any atom is -0.462 e. The van der Waals surface area contributed by atoms with Gasteiger partial charge >= 0.3 is 17.9 Å². The lowest BCUT2D eigenvalue weighted by molar-refractivity contribution is -0.167. The normalized spacial score (nSPS) is 12.7. The fourth-order valence-corrected chi connectivity index (χ4v) is 7.07. The predicted molar refractivity (Wildman–Crippen MR) is 274 cm³/mol. The van der Waals surface area contributed by atoms with E-state index in [1.54, 1.807) is 0 Å². The molecule has 0 aromatic heterocycles. The zero-order valence-electron chi connectivity index (χ0n) is 41.8. The summed E-state index contributed by atoms with van der Waals surface area (Å²) >= 11 is 0. The van der Waals surface area contributed by atoms with Crippen LogP contribution in [-0.2, 0) is 28.6 Å². The minimum atomic E-state index is -0.818. The van der Waals surface area contributed by atoms with Crippen molar-refractivity contribution in [1.82, 2.24) is 0 Å². The Bertz CT molecular complexity index is 1250. The van der Waals surface area contributed by atoms with Gasteiger partial charge in [0.15, 0.2) is 6.10 Å². The summed E-state index contributed by atoms with van der Waals surface area (Å²) < 4.78 is 16.7. The zero-order chi connectivity index (χ0) is 46.5. The molecule has 0 spiro atoms. The highest BCUT2D eigenvalue weighted by atomic mass is 16.6. The van der Waals surface area contributed by atoms with Crippen molar-refractivity contribution in [2.75, 3.05) is 13.2 Å². The van der Waals surface area contributed by atoms with E-state index in [-0.39, 0.29) is 44.0 Å². The molecule has 0 radical (unpaired) electrons. The Morgan fingerprint density at radius 1 is 0.328 bits per heavy atom. The first-order valence-corrected chi connectivity index (χ1v) is 26.6. The minimum absolute atomic E-state index is 0.113. The van der Waals surface area contributed by atoms with Gasteiger partial charge in [-0.2, -0.15) is 0 Å². The largest absolute Gasteiger partial charge is 0.462 e. The molecule has 0 fully saturated rings. The second-order valence-electron chi connectivity index (χ2n) is 17.5. The first-order valence-electron chi connectivity index (χ1n) is 26.6. The molecule has 6 nitrogen and oxygen atoms in total. The Morgan fingerprint density at radius 2 is 0.625 bits per heavy atom. The van der Waals surface area contributed by atoms with Gasteiger partial charge in [-0.3, -0.25) is 14.4 Å². The highest BCUT2D eigenvalue weighted by molar-refractivity contribution is 5.71. The second-order valence-corrected chi connectivity index (χ2v) is 17.5. The molecule has 1 unspecified atom stereocenters. The number of unbranched alkanes of at least 4 members (excludes halogenated alkanes) is 23. The average molecular weight is 891 g/mol. The lowest BCUT2D eigenvalue weighted by atomic mass is 10.1. The fourth-order valence-electron chi connectivity index (χ4n) is 7.07. The molecule has 0 aromatic carbocycles. The Hall–Kier alpha value is -3.41. The van der Waals surface area contributed by atoms with E-state index in [9.17, 15) is 14.4 Å². The van der Waals surface area contributed by atoms with Crippen LogP contribution in [0.25, 0.3) is 0 Å². The third kappa shape index (κ3) is 49.6. The summed E-state index contributed by atoms with van der Waals surface area (Å²) in [5.41, 5.74) is 0. The Morgan fingerprint density at radius 3 is 1.08 bits per heavy atom. The summed E-state index contributed by atoms with van der Waals surface area (Å²) in [4.78, 5) is 38.0. The molecule has 0 amide bonds. The Balaban J connectivity index is 4.54. The maximum atomic E-state index is 12.8. The van der Waals surface area contributed by atoms with Gasteiger partial charge < -0.3 is 14.2 Å². The maximum Gasteiger partial charge on any atom is 0.306 e. The monoisotopic (exact) mass is 891 g/mol. The van der Waals surface area contributed by atoms with Crippen molar-refractivity contribution < 1.29 is 28.6 Å². The van der Waals surface area contributed by atoms with E-state index >= 15 is 0 Å². The van der Waals surface area contributed by atoms with Gasteiger partial charge in [-0.1, -0.05) is 202 Å². The highest BCUT2D eigenvalue weighted by Gasteiger charge is 2.19. The number of allylic oxidation sites excluding steroid dienone is 14. The van der Waals surface area contributed by atoms with Crippen LogP contribution in [0, 0.1) is 0 Å². The van der Waals surface area contributed by atoms with Crippen LogP contribution in [0.5, 0.6) is 0 Å². The highest BCUT2D eigenvalue weighted by Crippen LogP contribution is 2.12. The van der Waals surface area contributed by atoms with Crippen LogP contribution < -0.4 is 0 Å². The molecule has 0 aliphatic rings. The molecule has 0 rings (SSSR count). The van der Waals surface area contributed by atoms with Gasteiger partial charge in [0, 0.05) is 19.3 Å². The number of hydrogen-bond acceptors (Lipinski definition) is 6.